The summed E-state index contributed by atoms with van der Waals surface area (Å²) in [4.78, 5) is 11.1. The van der Waals surface area contributed by atoms with Gasteiger partial charge in [-0.1, -0.05) is 6.92 Å². The molecule has 0 aliphatic carbocycles. The number of nitrogens with two attached hydrogens (primary N) is 1. The first-order valence-corrected chi connectivity index (χ1v) is 3.70. The topological polar surface area (TPSA) is 48.0 Å². The largest absolute Gasteiger partial charge is 0.399 e. The van der Waals surface area contributed by atoms with E-state index in [2.05, 4.69) is 0 Å². The molecular weight excluding hydrogens is 140 g/mol. The molecule has 0 aliphatic heterocycles. The summed E-state index contributed by atoms with van der Waals surface area (Å²) in [5, 5.41) is 0. The standard InChI is InChI=1S/C8H12N2O/c1-2-4-10-5-3-7(9)6-8(10)11/h3,5-6H,2,4,9H2,1H3. The number of hydrogen-bond donors (Lipinski definition) is 1. The van der Waals surface area contributed by atoms with Crippen LogP contribution in [0.4, 0.5) is 5.69 Å². The van der Waals surface area contributed by atoms with E-state index in [0.717, 1.165) is 13.0 Å². The lowest BCUT2D eigenvalue weighted by molar-refractivity contribution is 0.655. The molecule has 1 aromatic heterocycles. The van der Waals surface area contributed by atoms with Crippen LogP contribution in [0.5, 0.6) is 0 Å². The fourth-order valence-electron chi connectivity index (χ4n) is 0.949. The molecular formula is C8H12N2O. The molecule has 0 saturated carbocycles. The predicted molar refractivity (Wildman–Crippen MR) is 45.4 cm³/mol. The lowest BCUT2D eigenvalue weighted by Gasteiger charge is -2.01. The van der Waals surface area contributed by atoms with Gasteiger partial charge < -0.3 is 10.3 Å². The molecule has 0 atom stereocenters. The Hall–Kier alpha value is -1.25. The summed E-state index contributed by atoms with van der Waals surface area (Å²) in [5.74, 6) is 0. The summed E-state index contributed by atoms with van der Waals surface area (Å²) < 4.78 is 1.65. The van der Waals surface area contributed by atoms with Gasteiger partial charge in [-0.05, 0) is 12.5 Å². The monoisotopic (exact) mass is 152 g/mol. The highest BCUT2D eigenvalue weighted by molar-refractivity contribution is 5.34. The van der Waals surface area contributed by atoms with Gasteiger partial charge in [0.1, 0.15) is 0 Å². The molecule has 2 N–H and O–H groups in total. The van der Waals surface area contributed by atoms with Crippen LogP contribution in [0.25, 0.3) is 0 Å². The lowest BCUT2D eigenvalue weighted by Crippen LogP contribution is -2.18. The minimum Gasteiger partial charge on any atom is -0.399 e. The van der Waals surface area contributed by atoms with Crippen molar-refractivity contribution in [2.45, 2.75) is 19.9 Å². The Labute approximate surface area is 65.5 Å². The molecule has 0 aromatic carbocycles. The average molecular weight is 152 g/mol. The molecule has 1 heterocycles. The summed E-state index contributed by atoms with van der Waals surface area (Å²) in [6, 6.07) is 3.17. The number of hydrogen-bond acceptors (Lipinski definition) is 2. The first-order valence-electron chi connectivity index (χ1n) is 3.70. The van der Waals surface area contributed by atoms with Gasteiger partial charge in [0.15, 0.2) is 0 Å². The highest BCUT2D eigenvalue weighted by atomic mass is 16.1. The van der Waals surface area contributed by atoms with Crippen LogP contribution >= 0.6 is 0 Å². The number of nitrogens with zero attached hydrogens (tertiary/aromatic N) is 1. The maximum absolute atomic E-state index is 11.1. The van der Waals surface area contributed by atoms with Crippen molar-refractivity contribution < 1.29 is 0 Å². The SMILES string of the molecule is CCCn1ccc(N)cc1=O. The maximum Gasteiger partial charge on any atom is 0.252 e. The van der Waals surface area contributed by atoms with Gasteiger partial charge in [-0.25, -0.2) is 0 Å². The van der Waals surface area contributed by atoms with Gasteiger partial charge in [0, 0.05) is 24.5 Å². The maximum atomic E-state index is 11.1. The van der Waals surface area contributed by atoms with Crippen molar-refractivity contribution in [1.29, 1.82) is 0 Å². The van der Waals surface area contributed by atoms with E-state index in [0.29, 0.717) is 5.69 Å². The van der Waals surface area contributed by atoms with E-state index >= 15 is 0 Å². The van der Waals surface area contributed by atoms with Gasteiger partial charge >= 0.3 is 0 Å². The van der Waals surface area contributed by atoms with Crippen LogP contribution in [0.2, 0.25) is 0 Å². The zero-order valence-electron chi connectivity index (χ0n) is 6.58. The van der Waals surface area contributed by atoms with E-state index in [1.54, 1.807) is 16.8 Å². The van der Waals surface area contributed by atoms with Crippen LogP contribution in [0.1, 0.15) is 13.3 Å². The molecule has 3 nitrogen and oxygen atoms in total. The lowest BCUT2D eigenvalue weighted by atomic mass is 10.4. The Bertz CT molecular complexity index is 290. The molecule has 60 valence electrons. The van der Waals surface area contributed by atoms with Crippen LogP contribution in [0.3, 0.4) is 0 Å². The Morgan fingerprint density at radius 1 is 1.64 bits per heavy atom. The van der Waals surface area contributed by atoms with Crippen LogP contribution in [-0.4, -0.2) is 4.57 Å². The molecule has 0 radical (unpaired) electrons. The summed E-state index contributed by atoms with van der Waals surface area (Å²) in [6.45, 7) is 2.79. The number of nitrogen functional groups attached to an aromatic ring is 1. The summed E-state index contributed by atoms with van der Waals surface area (Å²) in [6.07, 6.45) is 2.69. The van der Waals surface area contributed by atoms with Crippen LogP contribution in [-0.2, 0) is 6.54 Å². The zero-order chi connectivity index (χ0) is 8.27. The Morgan fingerprint density at radius 3 is 2.91 bits per heavy atom. The molecule has 1 aromatic rings. The Kier molecular flexibility index (Phi) is 2.31. The fraction of sp³-hybridized carbons (Fsp3) is 0.375. The first-order chi connectivity index (χ1) is 5.24. The quantitative estimate of drug-likeness (QED) is 0.682. The number of anilines is 1. The van der Waals surface area contributed by atoms with E-state index in [1.807, 2.05) is 6.92 Å². The highest BCUT2D eigenvalue weighted by Gasteiger charge is 1.92. The third kappa shape index (κ3) is 1.83. The van der Waals surface area contributed by atoms with Crippen molar-refractivity contribution in [1.82, 2.24) is 4.57 Å². The second kappa shape index (κ2) is 3.23. The van der Waals surface area contributed by atoms with Crippen molar-refractivity contribution in [2.24, 2.45) is 0 Å². The van der Waals surface area contributed by atoms with Crippen molar-refractivity contribution in [3.63, 3.8) is 0 Å². The van der Waals surface area contributed by atoms with Crippen molar-refractivity contribution in [2.75, 3.05) is 5.73 Å². The normalized spacial score (nSPS) is 9.91. The van der Waals surface area contributed by atoms with Crippen LogP contribution in [0.15, 0.2) is 23.1 Å². The smallest absolute Gasteiger partial charge is 0.252 e. The molecule has 0 bridgehead atoms. The van der Waals surface area contributed by atoms with Crippen molar-refractivity contribution in [3.05, 3.63) is 28.7 Å². The van der Waals surface area contributed by atoms with E-state index in [9.17, 15) is 4.79 Å². The molecule has 0 saturated heterocycles. The molecule has 11 heavy (non-hydrogen) atoms. The van der Waals surface area contributed by atoms with E-state index in [-0.39, 0.29) is 5.56 Å². The van der Waals surface area contributed by atoms with Gasteiger partial charge in [0.05, 0.1) is 0 Å². The number of aryl methyl sites for hydroxylation is 1. The second-order valence-electron chi connectivity index (χ2n) is 2.49. The molecule has 0 aliphatic rings. The molecule has 0 fully saturated rings. The highest BCUT2D eigenvalue weighted by Crippen LogP contribution is 1.94. The van der Waals surface area contributed by atoms with Gasteiger partial charge in [0.25, 0.3) is 5.56 Å². The minimum absolute atomic E-state index is 0.0214. The van der Waals surface area contributed by atoms with Crippen LogP contribution < -0.4 is 11.3 Å². The second-order valence-corrected chi connectivity index (χ2v) is 2.49. The fourth-order valence-corrected chi connectivity index (χ4v) is 0.949. The summed E-state index contributed by atoms with van der Waals surface area (Å²) in [5.41, 5.74) is 5.92. The molecule has 0 amide bonds. The third-order valence-corrected chi connectivity index (χ3v) is 1.48. The molecule has 0 unspecified atom stereocenters. The van der Waals surface area contributed by atoms with E-state index < -0.39 is 0 Å². The first kappa shape index (κ1) is 7.85. The van der Waals surface area contributed by atoms with E-state index in [4.69, 9.17) is 5.73 Å². The van der Waals surface area contributed by atoms with Gasteiger partial charge in [-0.15, -0.1) is 0 Å². The summed E-state index contributed by atoms with van der Waals surface area (Å²) in [7, 11) is 0. The number of rotatable bonds is 2. The van der Waals surface area contributed by atoms with Crippen molar-refractivity contribution in [3.8, 4) is 0 Å². The van der Waals surface area contributed by atoms with E-state index in [1.165, 1.54) is 6.07 Å². The average Bonchev–Trinajstić information content (AvgIpc) is 1.95. The van der Waals surface area contributed by atoms with Gasteiger partial charge in [-0.2, -0.15) is 0 Å². The number of pyridine rings is 1. The molecule has 1 rings (SSSR count). The van der Waals surface area contributed by atoms with Crippen LogP contribution in [0, 0.1) is 0 Å². The Balaban J connectivity index is 3.00. The third-order valence-electron chi connectivity index (χ3n) is 1.48. The number of aromatic nitrogens is 1. The zero-order valence-corrected chi connectivity index (χ0v) is 6.58. The Morgan fingerprint density at radius 2 is 2.36 bits per heavy atom. The molecule has 3 heteroatoms. The molecule has 0 spiro atoms. The van der Waals surface area contributed by atoms with Gasteiger partial charge in [0.2, 0.25) is 0 Å². The van der Waals surface area contributed by atoms with Gasteiger partial charge in [-0.3, -0.25) is 4.79 Å². The predicted octanol–water partition coefficient (Wildman–Crippen LogP) is 0.841. The summed E-state index contributed by atoms with van der Waals surface area (Å²) >= 11 is 0. The minimum atomic E-state index is -0.0214. The van der Waals surface area contributed by atoms with Crippen molar-refractivity contribution >= 4 is 5.69 Å².